The second-order valence-electron chi connectivity index (χ2n) is 4.01. The molecule has 0 saturated heterocycles. The van der Waals surface area contributed by atoms with Gasteiger partial charge in [-0.15, -0.1) is 5.10 Å². The fraction of sp³-hybridized carbons (Fsp3) is 0.154. The van der Waals surface area contributed by atoms with Crippen LogP contribution >= 0.6 is 23.4 Å². The van der Waals surface area contributed by atoms with Crippen molar-refractivity contribution in [1.82, 2.24) is 19.7 Å². The summed E-state index contributed by atoms with van der Waals surface area (Å²) in [4.78, 5) is 8.54. The third-order valence-corrected chi connectivity index (χ3v) is 3.67. The molecule has 20 heavy (non-hydrogen) atoms. The molecule has 5 nitrogen and oxygen atoms in total. The summed E-state index contributed by atoms with van der Waals surface area (Å²) in [5, 5.41) is 6.20. The Balaban J connectivity index is 2.09. The van der Waals surface area contributed by atoms with E-state index >= 15 is 0 Å². The second kappa shape index (κ2) is 5.30. The smallest absolute Gasteiger partial charge is 0.190 e. The zero-order valence-corrected chi connectivity index (χ0v) is 12.4. The Kier molecular flexibility index (Phi) is 3.50. The maximum absolute atomic E-state index is 6.15. The van der Waals surface area contributed by atoms with Crippen molar-refractivity contribution in [3.8, 4) is 11.4 Å². The average molecular weight is 307 g/mol. The Bertz CT molecular complexity index is 757. The summed E-state index contributed by atoms with van der Waals surface area (Å²) in [5.74, 6) is 0.799. The van der Waals surface area contributed by atoms with E-state index < -0.39 is 0 Å². The molecule has 2 aromatic heterocycles. The van der Waals surface area contributed by atoms with E-state index in [1.165, 1.54) is 11.8 Å². The highest BCUT2D eigenvalue weighted by Gasteiger charge is 2.10. The van der Waals surface area contributed by atoms with Gasteiger partial charge in [0.05, 0.1) is 18.2 Å². The Labute approximate surface area is 124 Å². The van der Waals surface area contributed by atoms with Crippen LogP contribution in [0.2, 0.25) is 5.15 Å². The van der Waals surface area contributed by atoms with Crippen molar-refractivity contribution < 1.29 is 4.74 Å². The molecule has 0 amide bonds. The first-order valence-corrected chi connectivity index (χ1v) is 7.43. The first-order valence-electron chi connectivity index (χ1n) is 5.82. The molecule has 0 N–H and O–H groups in total. The van der Waals surface area contributed by atoms with Crippen molar-refractivity contribution in [2.75, 3.05) is 13.4 Å². The number of ether oxygens (including phenoxy) is 1. The highest BCUT2D eigenvalue weighted by Crippen LogP contribution is 2.24. The summed E-state index contributed by atoms with van der Waals surface area (Å²) < 4.78 is 6.87. The summed E-state index contributed by atoms with van der Waals surface area (Å²) in [7, 11) is 1.64. The average Bonchev–Trinajstić information content (AvgIpc) is 2.92. The molecular formula is C13H11ClN4OS. The van der Waals surface area contributed by atoms with Gasteiger partial charge in [-0.05, 0) is 30.5 Å². The summed E-state index contributed by atoms with van der Waals surface area (Å²) in [6.07, 6.45) is 3.72. The third kappa shape index (κ3) is 2.32. The molecule has 102 valence electrons. The maximum atomic E-state index is 6.15. The SMILES string of the molecule is COc1ccc(-n2cc3c(Cl)nc(SC)nc3n2)cc1. The molecule has 0 unspecified atom stereocenters. The van der Waals surface area contributed by atoms with Gasteiger partial charge in [0.1, 0.15) is 10.9 Å². The van der Waals surface area contributed by atoms with E-state index in [1.54, 1.807) is 11.8 Å². The van der Waals surface area contributed by atoms with Crippen molar-refractivity contribution >= 4 is 34.4 Å². The Morgan fingerprint density at radius 1 is 1.20 bits per heavy atom. The fourth-order valence-electron chi connectivity index (χ4n) is 1.81. The largest absolute Gasteiger partial charge is 0.497 e. The van der Waals surface area contributed by atoms with Crippen LogP contribution < -0.4 is 4.74 Å². The molecule has 7 heteroatoms. The highest BCUT2D eigenvalue weighted by atomic mass is 35.5. The normalized spacial score (nSPS) is 10.9. The number of nitrogens with zero attached hydrogens (tertiary/aromatic N) is 4. The van der Waals surface area contributed by atoms with Gasteiger partial charge in [0.2, 0.25) is 0 Å². The number of fused-ring (bicyclic) bond motifs is 1. The number of benzene rings is 1. The van der Waals surface area contributed by atoms with Crippen molar-refractivity contribution in [3.05, 3.63) is 35.6 Å². The summed E-state index contributed by atoms with van der Waals surface area (Å²) in [5.41, 5.74) is 1.50. The van der Waals surface area contributed by atoms with Crippen LogP contribution in [0.3, 0.4) is 0 Å². The molecule has 2 heterocycles. The van der Waals surface area contributed by atoms with Gasteiger partial charge >= 0.3 is 0 Å². The van der Waals surface area contributed by atoms with Crippen LogP contribution in [0.5, 0.6) is 5.75 Å². The van der Waals surface area contributed by atoms with Crippen molar-refractivity contribution in [1.29, 1.82) is 0 Å². The van der Waals surface area contributed by atoms with Crippen LogP contribution in [-0.4, -0.2) is 33.1 Å². The molecule has 0 radical (unpaired) electrons. The highest BCUT2D eigenvalue weighted by molar-refractivity contribution is 7.98. The number of methoxy groups -OCH3 is 1. The number of hydrogen-bond acceptors (Lipinski definition) is 5. The Hall–Kier alpha value is -1.79. The van der Waals surface area contributed by atoms with Gasteiger partial charge < -0.3 is 4.74 Å². The monoisotopic (exact) mass is 306 g/mol. The van der Waals surface area contributed by atoms with Crippen LogP contribution in [-0.2, 0) is 0 Å². The fourth-order valence-corrected chi connectivity index (χ4v) is 2.44. The van der Waals surface area contributed by atoms with Gasteiger partial charge in [-0.1, -0.05) is 23.4 Å². The number of thioether (sulfide) groups is 1. The lowest BCUT2D eigenvalue weighted by Crippen LogP contribution is -1.94. The number of halogens is 1. The standard InChI is InChI=1S/C13H11ClN4OS/c1-19-9-5-3-8(4-6-9)18-7-10-11(14)15-13(20-2)16-12(10)17-18/h3-7H,1-2H3. The van der Waals surface area contributed by atoms with E-state index in [0.717, 1.165) is 16.8 Å². The molecule has 0 atom stereocenters. The van der Waals surface area contributed by atoms with Crippen LogP contribution in [0.15, 0.2) is 35.6 Å². The van der Waals surface area contributed by atoms with Crippen molar-refractivity contribution in [3.63, 3.8) is 0 Å². The first-order chi connectivity index (χ1) is 9.71. The number of aromatic nitrogens is 4. The minimum Gasteiger partial charge on any atom is -0.497 e. The minimum absolute atomic E-state index is 0.416. The zero-order chi connectivity index (χ0) is 14.1. The van der Waals surface area contributed by atoms with Crippen molar-refractivity contribution in [2.24, 2.45) is 0 Å². The molecule has 3 rings (SSSR count). The molecule has 0 aliphatic carbocycles. The number of hydrogen-bond donors (Lipinski definition) is 0. The Morgan fingerprint density at radius 3 is 2.60 bits per heavy atom. The van der Waals surface area contributed by atoms with E-state index in [9.17, 15) is 0 Å². The molecule has 0 aliphatic heterocycles. The molecule has 3 aromatic rings. The van der Waals surface area contributed by atoms with E-state index in [4.69, 9.17) is 16.3 Å². The van der Waals surface area contributed by atoms with Gasteiger partial charge in [0, 0.05) is 6.20 Å². The van der Waals surface area contributed by atoms with Crippen LogP contribution in [0.4, 0.5) is 0 Å². The van der Waals surface area contributed by atoms with Crippen LogP contribution in [0, 0.1) is 0 Å². The van der Waals surface area contributed by atoms with Gasteiger partial charge in [-0.3, -0.25) is 0 Å². The van der Waals surface area contributed by atoms with E-state index in [0.29, 0.717) is 16.0 Å². The molecule has 1 aromatic carbocycles. The lowest BCUT2D eigenvalue weighted by atomic mass is 10.3. The van der Waals surface area contributed by atoms with E-state index in [1.807, 2.05) is 36.7 Å². The molecule has 0 aliphatic rings. The van der Waals surface area contributed by atoms with E-state index in [2.05, 4.69) is 15.1 Å². The third-order valence-electron chi connectivity index (χ3n) is 2.83. The van der Waals surface area contributed by atoms with Crippen LogP contribution in [0.1, 0.15) is 0 Å². The summed E-state index contributed by atoms with van der Waals surface area (Å²) in [6, 6.07) is 7.59. The zero-order valence-electron chi connectivity index (χ0n) is 10.9. The molecule has 0 spiro atoms. The predicted octanol–water partition coefficient (Wildman–Crippen LogP) is 3.20. The Morgan fingerprint density at radius 2 is 1.95 bits per heavy atom. The lowest BCUT2D eigenvalue weighted by Gasteiger charge is -2.02. The molecule has 0 fully saturated rings. The minimum atomic E-state index is 0.416. The summed E-state index contributed by atoms with van der Waals surface area (Å²) >= 11 is 7.59. The van der Waals surface area contributed by atoms with Gasteiger partial charge in [-0.2, -0.15) is 0 Å². The first kappa shape index (κ1) is 13.2. The van der Waals surface area contributed by atoms with Gasteiger partial charge in [-0.25, -0.2) is 14.6 Å². The second-order valence-corrected chi connectivity index (χ2v) is 5.14. The summed E-state index contributed by atoms with van der Waals surface area (Å²) in [6.45, 7) is 0. The maximum Gasteiger partial charge on any atom is 0.190 e. The van der Waals surface area contributed by atoms with Gasteiger partial charge in [0.25, 0.3) is 0 Å². The molecule has 0 saturated carbocycles. The van der Waals surface area contributed by atoms with E-state index in [-0.39, 0.29) is 0 Å². The van der Waals surface area contributed by atoms with Gasteiger partial charge in [0.15, 0.2) is 10.8 Å². The predicted molar refractivity (Wildman–Crippen MR) is 80.0 cm³/mol. The topological polar surface area (TPSA) is 52.8 Å². The number of rotatable bonds is 3. The quantitative estimate of drug-likeness (QED) is 0.422. The van der Waals surface area contributed by atoms with Crippen LogP contribution in [0.25, 0.3) is 16.7 Å². The van der Waals surface area contributed by atoms with Crippen molar-refractivity contribution in [2.45, 2.75) is 5.16 Å². The molecule has 0 bridgehead atoms. The lowest BCUT2D eigenvalue weighted by molar-refractivity contribution is 0.414. The molecular weight excluding hydrogens is 296 g/mol.